The molecule has 0 spiro atoms. The number of carbonyl (C=O) groups excluding carboxylic acids is 2. The van der Waals surface area contributed by atoms with Crippen LogP contribution < -0.4 is 5.32 Å². The van der Waals surface area contributed by atoms with Crippen molar-refractivity contribution in [2.45, 2.75) is 70.4 Å². The van der Waals surface area contributed by atoms with Crippen molar-refractivity contribution in [1.29, 1.82) is 0 Å². The lowest BCUT2D eigenvalue weighted by Gasteiger charge is -2.46. The average molecular weight is 403 g/mol. The van der Waals surface area contributed by atoms with Crippen LogP contribution in [0.25, 0.3) is 0 Å². The zero-order valence-electron chi connectivity index (χ0n) is 16.2. The summed E-state index contributed by atoms with van der Waals surface area (Å²) in [6.45, 7) is 5.73. The Morgan fingerprint density at radius 3 is 2.04 bits per heavy atom. The van der Waals surface area contributed by atoms with Crippen molar-refractivity contribution in [3.8, 4) is 0 Å². The Morgan fingerprint density at radius 1 is 1.07 bits per heavy atom. The summed E-state index contributed by atoms with van der Waals surface area (Å²) in [5.74, 6) is -2.04. The third-order valence-corrected chi connectivity index (χ3v) is 4.81. The first-order valence-electron chi connectivity index (χ1n) is 9.02. The molecule has 6 atom stereocenters. The number of rotatable bonds is 4. The highest BCUT2D eigenvalue weighted by molar-refractivity contribution is 5.92. The van der Waals surface area contributed by atoms with Crippen molar-refractivity contribution in [2.75, 3.05) is 0 Å². The van der Waals surface area contributed by atoms with Gasteiger partial charge in [0.2, 0.25) is 0 Å². The van der Waals surface area contributed by atoms with Gasteiger partial charge in [-0.1, -0.05) is 18.2 Å². The van der Waals surface area contributed by atoms with Crippen molar-refractivity contribution < 1.29 is 31.9 Å². The molecule has 0 saturated heterocycles. The van der Waals surface area contributed by atoms with Crippen LogP contribution in [0.4, 0.5) is 17.6 Å². The van der Waals surface area contributed by atoms with Crippen molar-refractivity contribution in [3.63, 3.8) is 0 Å². The molecule has 28 heavy (non-hydrogen) atoms. The minimum absolute atomic E-state index is 0.0369. The zero-order chi connectivity index (χ0) is 21.3. The van der Waals surface area contributed by atoms with Gasteiger partial charge in [-0.2, -0.15) is 0 Å². The van der Waals surface area contributed by atoms with Crippen LogP contribution in [0.15, 0.2) is 30.3 Å². The number of benzene rings is 1. The van der Waals surface area contributed by atoms with Crippen LogP contribution in [-0.2, 0) is 9.53 Å². The van der Waals surface area contributed by atoms with E-state index in [1.807, 2.05) is 0 Å². The summed E-state index contributed by atoms with van der Waals surface area (Å²) >= 11 is 0. The number of carbonyl (C=O) groups is 2. The maximum atomic E-state index is 14.8. The molecule has 156 valence electrons. The van der Waals surface area contributed by atoms with Crippen LogP contribution in [0.3, 0.4) is 0 Å². The van der Waals surface area contributed by atoms with Gasteiger partial charge in [-0.3, -0.25) is 4.79 Å². The van der Waals surface area contributed by atoms with Gasteiger partial charge in [-0.05, 0) is 39.8 Å². The van der Waals surface area contributed by atoms with Gasteiger partial charge >= 0.3 is 5.97 Å². The number of nitrogens with one attached hydrogen (secondary N) is 1. The Morgan fingerprint density at radius 2 is 1.57 bits per heavy atom. The predicted octanol–water partition coefficient (Wildman–Crippen LogP) is 3.89. The second-order valence-electron chi connectivity index (χ2n) is 8.33. The van der Waals surface area contributed by atoms with Gasteiger partial charge in [0.1, 0.15) is 24.7 Å². The van der Waals surface area contributed by atoms with Crippen LogP contribution in [0.1, 0.15) is 44.5 Å². The summed E-state index contributed by atoms with van der Waals surface area (Å²) in [6.07, 6.45) is -12.7. The zero-order valence-corrected chi connectivity index (χ0v) is 16.2. The minimum Gasteiger partial charge on any atom is -0.448 e. The molecule has 1 amide bonds. The Hall–Kier alpha value is -2.12. The van der Waals surface area contributed by atoms with Crippen LogP contribution in [0.2, 0.25) is 0 Å². The van der Waals surface area contributed by atoms with Crippen molar-refractivity contribution in [1.82, 2.24) is 5.32 Å². The smallest absolute Gasteiger partial charge is 0.338 e. The Bertz CT molecular complexity index is 693. The van der Waals surface area contributed by atoms with Gasteiger partial charge in [-0.25, -0.2) is 22.4 Å². The second kappa shape index (κ2) is 8.09. The molecule has 1 aliphatic rings. The molecular weight excluding hydrogens is 378 g/mol. The van der Waals surface area contributed by atoms with Gasteiger partial charge in [0.25, 0.3) is 5.91 Å². The number of halogens is 4. The highest BCUT2D eigenvalue weighted by Gasteiger charge is 2.62. The van der Waals surface area contributed by atoms with E-state index in [0.717, 1.165) is 6.92 Å². The normalized spacial score (nSPS) is 31.7. The van der Waals surface area contributed by atoms with E-state index < -0.39 is 60.0 Å². The number of alkyl halides is 4. The summed E-state index contributed by atoms with van der Waals surface area (Å²) in [6, 6.07) is 7.49. The van der Waals surface area contributed by atoms with Crippen LogP contribution in [-0.4, -0.2) is 48.2 Å². The van der Waals surface area contributed by atoms with E-state index in [9.17, 15) is 27.2 Å². The van der Waals surface area contributed by atoms with Crippen LogP contribution in [0, 0.1) is 5.41 Å². The molecule has 0 bridgehead atoms. The van der Waals surface area contributed by atoms with E-state index >= 15 is 0 Å². The van der Waals surface area contributed by atoms with Crippen LogP contribution >= 0.6 is 0 Å². The van der Waals surface area contributed by atoms with Gasteiger partial charge in [0.15, 0.2) is 6.10 Å². The molecule has 4 nitrogen and oxygen atoms in total. The van der Waals surface area contributed by atoms with Crippen molar-refractivity contribution >= 4 is 11.9 Å². The topological polar surface area (TPSA) is 55.4 Å². The lowest BCUT2D eigenvalue weighted by atomic mass is 9.67. The second-order valence-corrected chi connectivity index (χ2v) is 8.33. The van der Waals surface area contributed by atoms with Gasteiger partial charge in [-0.15, -0.1) is 0 Å². The largest absolute Gasteiger partial charge is 0.448 e. The van der Waals surface area contributed by atoms with E-state index in [2.05, 4.69) is 5.32 Å². The fourth-order valence-corrected chi connectivity index (χ4v) is 3.32. The fourth-order valence-electron chi connectivity index (χ4n) is 3.32. The van der Waals surface area contributed by atoms with E-state index in [0.29, 0.717) is 0 Å². The SMILES string of the molecule is CC(C)(C)NC(=O)[C@@H](OC(=O)c1ccccc1)C1(C)[C@H](F)[C@H](F)C[C@H](F)[C@@H]1F. The standard InChI is InChI=1S/C20H25F4NO3/c1-19(2,3)25-17(26)16(28-18(27)11-8-6-5-7-9-11)20(4)14(23)12(21)10-13(22)15(20)24/h5-9,12-16H,10H2,1-4H3,(H,25,26)/t12-,13+,14-,15+,16-,20?/m1/s1. The van der Waals surface area contributed by atoms with Gasteiger partial charge < -0.3 is 10.1 Å². The highest BCUT2D eigenvalue weighted by atomic mass is 19.2. The summed E-state index contributed by atoms with van der Waals surface area (Å²) in [5.41, 5.74) is -3.33. The number of hydrogen-bond donors (Lipinski definition) is 1. The molecule has 2 rings (SSSR count). The summed E-state index contributed by atoms with van der Waals surface area (Å²) in [4.78, 5) is 25.2. The van der Waals surface area contributed by atoms with Crippen molar-refractivity contribution in [2.24, 2.45) is 5.41 Å². The first kappa shape index (κ1) is 22.2. The van der Waals surface area contributed by atoms with E-state index in [4.69, 9.17) is 4.74 Å². The maximum absolute atomic E-state index is 14.8. The maximum Gasteiger partial charge on any atom is 0.338 e. The monoisotopic (exact) mass is 403 g/mol. The summed E-state index contributed by atoms with van der Waals surface area (Å²) in [7, 11) is 0. The highest BCUT2D eigenvalue weighted by Crippen LogP contribution is 2.47. The number of amides is 1. The molecule has 1 aromatic rings. The quantitative estimate of drug-likeness (QED) is 0.613. The fraction of sp³-hybridized carbons (Fsp3) is 0.600. The lowest BCUT2D eigenvalue weighted by Crippen LogP contribution is -2.64. The third-order valence-electron chi connectivity index (χ3n) is 4.81. The first-order chi connectivity index (χ1) is 12.9. The molecule has 0 aromatic heterocycles. The molecular formula is C20H25F4NO3. The number of hydrogen-bond acceptors (Lipinski definition) is 3. The minimum atomic E-state index is -2.53. The van der Waals surface area contributed by atoms with Gasteiger partial charge in [0, 0.05) is 12.0 Å². The molecule has 1 aromatic carbocycles. The summed E-state index contributed by atoms with van der Waals surface area (Å²) in [5, 5.41) is 2.47. The Labute approximate surface area is 161 Å². The molecule has 1 saturated carbocycles. The lowest BCUT2D eigenvalue weighted by molar-refractivity contribution is -0.168. The molecule has 1 fully saturated rings. The average Bonchev–Trinajstić information content (AvgIpc) is 2.62. The Kier molecular flexibility index (Phi) is 6.41. The molecule has 0 aliphatic heterocycles. The molecule has 1 unspecified atom stereocenters. The molecule has 1 N–H and O–H groups in total. The molecule has 0 heterocycles. The first-order valence-corrected chi connectivity index (χ1v) is 9.02. The van der Waals surface area contributed by atoms with E-state index in [1.165, 1.54) is 24.3 Å². The summed E-state index contributed by atoms with van der Waals surface area (Å²) < 4.78 is 62.9. The third kappa shape index (κ3) is 4.47. The Balaban J connectivity index is 2.44. The van der Waals surface area contributed by atoms with Crippen molar-refractivity contribution in [3.05, 3.63) is 35.9 Å². The molecule has 1 aliphatic carbocycles. The number of ether oxygens (including phenoxy) is 1. The van der Waals surface area contributed by atoms with Gasteiger partial charge in [0.05, 0.1) is 11.0 Å². The van der Waals surface area contributed by atoms with E-state index in [1.54, 1.807) is 26.8 Å². The molecule has 0 radical (unpaired) electrons. The number of esters is 1. The molecule has 8 heteroatoms. The van der Waals surface area contributed by atoms with E-state index in [-0.39, 0.29) is 5.56 Å². The predicted molar refractivity (Wildman–Crippen MR) is 95.8 cm³/mol. The van der Waals surface area contributed by atoms with Crippen LogP contribution in [0.5, 0.6) is 0 Å².